The number of ketones is 1. The second-order valence-corrected chi connectivity index (χ2v) is 6.68. The normalized spacial score (nSPS) is 22.1. The molecule has 1 saturated carbocycles. The lowest BCUT2D eigenvalue weighted by Gasteiger charge is -2.37. The monoisotopic (exact) mass is 298 g/mol. The molecule has 21 heavy (non-hydrogen) atoms. The summed E-state index contributed by atoms with van der Waals surface area (Å²) in [6, 6.07) is 3.42. The Kier molecular flexibility index (Phi) is 4.18. The zero-order valence-electron chi connectivity index (χ0n) is 12.7. The zero-order valence-corrected chi connectivity index (χ0v) is 12.7. The van der Waals surface area contributed by atoms with Crippen LogP contribution in [-0.2, 0) is 6.18 Å². The Morgan fingerprint density at radius 2 is 1.90 bits per heavy atom. The zero-order chi connectivity index (χ0) is 15.8. The quantitative estimate of drug-likeness (QED) is 0.667. The average molecular weight is 298 g/mol. The van der Waals surface area contributed by atoms with E-state index < -0.39 is 11.7 Å². The molecule has 4 heteroatoms. The highest BCUT2D eigenvalue weighted by atomic mass is 19.4. The van der Waals surface area contributed by atoms with Gasteiger partial charge in [0.1, 0.15) is 0 Å². The minimum Gasteiger partial charge on any atom is -0.294 e. The van der Waals surface area contributed by atoms with E-state index in [0.717, 1.165) is 37.8 Å². The second kappa shape index (κ2) is 5.47. The van der Waals surface area contributed by atoms with Gasteiger partial charge in [-0.3, -0.25) is 4.79 Å². The highest BCUT2D eigenvalue weighted by Gasteiger charge is 2.38. The van der Waals surface area contributed by atoms with Gasteiger partial charge < -0.3 is 0 Å². The van der Waals surface area contributed by atoms with Crippen LogP contribution >= 0.6 is 0 Å². The van der Waals surface area contributed by atoms with Crippen LogP contribution in [0.2, 0.25) is 0 Å². The van der Waals surface area contributed by atoms with Gasteiger partial charge in [-0.05, 0) is 42.9 Å². The van der Waals surface area contributed by atoms with Crippen LogP contribution in [0.3, 0.4) is 0 Å². The summed E-state index contributed by atoms with van der Waals surface area (Å²) in [5.41, 5.74) is 0.0726. The van der Waals surface area contributed by atoms with Crippen molar-refractivity contribution in [2.75, 3.05) is 0 Å². The van der Waals surface area contributed by atoms with Crippen LogP contribution in [0.25, 0.3) is 0 Å². The van der Waals surface area contributed by atoms with E-state index >= 15 is 0 Å². The standard InChI is InChI=1S/C17H21F3O/c1-11-10-12(17(18,19)20)7-8-13(11)15(21)14-6-4-5-9-16(14,2)3/h7-8,10,14H,4-6,9H2,1-3H3. The minimum atomic E-state index is -4.36. The summed E-state index contributed by atoms with van der Waals surface area (Å²) < 4.78 is 38.1. The molecule has 0 heterocycles. The maximum atomic E-state index is 12.7. The molecule has 1 unspecified atom stereocenters. The Bertz CT molecular complexity index is 543. The molecule has 1 fully saturated rings. The SMILES string of the molecule is Cc1cc(C(F)(F)F)ccc1C(=O)C1CCCCC1(C)C. The third-order valence-corrected chi connectivity index (χ3v) is 4.64. The fourth-order valence-electron chi connectivity index (χ4n) is 3.28. The lowest BCUT2D eigenvalue weighted by atomic mass is 9.66. The van der Waals surface area contributed by atoms with Gasteiger partial charge in [-0.15, -0.1) is 0 Å². The summed E-state index contributed by atoms with van der Waals surface area (Å²) in [5.74, 6) is -0.104. The highest BCUT2D eigenvalue weighted by Crippen LogP contribution is 2.42. The number of halogens is 3. The molecule has 0 amide bonds. The van der Waals surface area contributed by atoms with Crippen molar-refractivity contribution in [2.45, 2.75) is 52.6 Å². The molecule has 1 aliphatic carbocycles. The molecule has 0 N–H and O–H groups in total. The van der Waals surface area contributed by atoms with Gasteiger partial charge in [-0.25, -0.2) is 0 Å². The summed E-state index contributed by atoms with van der Waals surface area (Å²) in [6.07, 6.45) is -0.422. The van der Waals surface area contributed by atoms with E-state index in [1.807, 2.05) is 0 Å². The summed E-state index contributed by atoms with van der Waals surface area (Å²) >= 11 is 0. The summed E-state index contributed by atoms with van der Waals surface area (Å²) in [7, 11) is 0. The number of rotatable bonds is 2. The first-order valence-electron chi connectivity index (χ1n) is 7.35. The summed E-state index contributed by atoms with van der Waals surface area (Å²) in [5, 5.41) is 0. The van der Waals surface area contributed by atoms with Crippen molar-refractivity contribution in [3.63, 3.8) is 0 Å². The summed E-state index contributed by atoms with van der Waals surface area (Å²) in [6.45, 7) is 5.74. The fraction of sp³-hybridized carbons (Fsp3) is 0.588. The number of hydrogen-bond donors (Lipinski definition) is 0. The molecule has 0 aromatic heterocycles. The third kappa shape index (κ3) is 3.30. The molecule has 1 aliphatic rings. The molecule has 0 bridgehead atoms. The van der Waals surface area contributed by atoms with Crippen molar-refractivity contribution in [1.29, 1.82) is 0 Å². The summed E-state index contributed by atoms with van der Waals surface area (Å²) in [4.78, 5) is 12.7. The van der Waals surface area contributed by atoms with Gasteiger partial charge in [0.25, 0.3) is 0 Å². The fourth-order valence-corrected chi connectivity index (χ4v) is 3.28. The van der Waals surface area contributed by atoms with Gasteiger partial charge in [0, 0.05) is 11.5 Å². The first-order valence-corrected chi connectivity index (χ1v) is 7.35. The Morgan fingerprint density at radius 1 is 1.24 bits per heavy atom. The number of alkyl halides is 3. The molecule has 2 rings (SSSR count). The van der Waals surface area contributed by atoms with E-state index in [0.29, 0.717) is 11.1 Å². The maximum absolute atomic E-state index is 12.7. The number of Topliss-reactive ketones (excluding diaryl/α,β-unsaturated/α-hetero) is 1. The first-order chi connectivity index (χ1) is 9.63. The second-order valence-electron chi connectivity index (χ2n) is 6.68. The van der Waals surface area contributed by atoms with E-state index in [1.54, 1.807) is 6.92 Å². The predicted molar refractivity (Wildman–Crippen MR) is 76.3 cm³/mol. The van der Waals surface area contributed by atoms with Crippen molar-refractivity contribution in [1.82, 2.24) is 0 Å². The Labute approximate surface area is 123 Å². The van der Waals surface area contributed by atoms with Gasteiger partial charge in [0.15, 0.2) is 5.78 Å². The lowest BCUT2D eigenvalue weighted by Crippen LogP contribution is -2.34. The van der Waals surface area contributed by atoms with Gasteiger partial charge in [0.05, 0.1) is 5.56 Å². The highest BCUT2D eigenvalue weighted by molar-refractivity contribution is 5.99. The molecule has 0 saturated heterocycles. The molecule has 0 spiro atoms. The molecule has 1 nitrogen and oxygen atoms in total. The van der Waals surface area contributed by atoms with E-state index in [2.05, 4.69) is 13.8 Å². The smallest absolute Gasteiger partial charge is 0.294 e. The van der Waals surface area contributed by atoms with Crippen LogP contribution in [0.5, 0.6) is 0 Å². The molecular formula is C17H21F3O. The van der Waals surface area contributed by atoms with Crippen molar-refractivity contribution in [2.24, 2.45) is 11.3 Å². The van der Waals surface area contributed by atoms with Crippen LogP contribution in [0.15, 0.2) is 18.2 Å². The molecule has 1 aromatic carbocycles. The minimum absolute atomic E-state index is 0.00840. The maximum Gasteiger partial charge on any atom is 0.416 e. The molecule has 116 valence electrons. The molecule has 0 radical (unpaired) electrons. The third-order valence-electron chi connectivity index (χ3n) is 4.64. The van der Waals surface area contributed by atoms with Crippen LogP contribution < -0.4 is 0 Å². The molecular weight excluding hydrogens is 277 g/mol. The van der Waals surface area contributed by atoms with Gasteiger partial charge in [-0.2, -0.15) is 13.2 Å². The number of aryl methyl sites for hydroxylation is 1. The van der Waals surface area contributed by atoms with Gasteiger partial charge in [-0.1, -0.05) is 32.8 Å². The topological polar surface area (TPSA) is 17.1 Å². The van der Waals surface area contributed by atoms with Crippen molar-refractivity contribution >= 4 is 5.78 Å². The first kappa shape index (κ1) is 16.1. The molecule has 0 aliphatic heterocycles. The van der Waals surface area contributed by atoms with E-state index in [9.17, 15) is 18.0 Å². The predicted octanol–water partition coefficient (Wildman–Crippen LogP) is 5.41. The van der Waals surface area contributed by atoms with E-state index in [-0.39, 0.29) is 17.1 Å². The van der Waals surface area contributed by atoms with Gasteiger partial charge >= 0.3 is 6.18 Å². The van der Waals surface area contributed by atoms with Gasteiger partial charge in [0.2, 0.25) is 0 Å². The Morgan fingerprint density at radius 3 is 2.43 bits per heavy atom. The van der Waals surface area contributed by atoms with E-state index in [1.165, 1.54) is 6.07 Å². The van der Waals surface area contributed by atoms with Crippen molar-refractivity contribution in [3.05, 3.63) is 34.9 Å². The van der Waals surface area contributed by atoms with Crippen molar-refractivity contribution < 1.29 is 18.0 Å². The van der Waals surface area contributed by atoms with E-state index in [4.69, 9.17) is 0 Å². The molecule has 1 atom stereocenters. The van der Waals surface area contributed by atoms with Crippen LogP contribution in [0.1, 0.15) is 61.0 Å². The molecule has 1 aromatic rings. The number of hydrogen-bond acceptors (Lipinski definition) is 1. The Balaban J connectivity index is 2.32. The van der Waals surface area contributed by atoms with Crippen LogP contribution in [-0.4, -0.2) is 5.78 Å². The average Bonchev–Trinajstić information content (AvgIpc) is 2.36. The lowest BCUT2D eigenvalue weighted by molar-refractivity contribution is -0.137. The Hall–Kier alpha value is -1.32. The number of benzene rings is 1. The van der Waals surface area contributed by atoms with Crippen LogP contribution in [0.4, 0.5) is 13.2 Å². The number of carbonyl (C=O) groups is 1. The largest absolute Gasteiger partial charge is 0.416 e. The van der Waals surface area contributed by atoms with Crippen LogP contribution in [0, 0.1) is 18.3 Å². The van der Waals surface area contributed by atoms with Crippen molar-refractivity contribution in [3.8, 4) is 0 Å². The number of carbonyl (C=O) groups excluding carboxylic acids is 1.